The molecule has 1 aromatic heterocycles. The Bertz CT molecular complexity index is 372. The second-order valence-corrected chi connectivity index (χ2v) is 3.19. The second kappa shape index (κ2) is 7.78. The molecule has 0 aliphatic heterocycles. The molecule has 1 aromatic rings. The average Bonchev–Trinajstić information content (AvgIpc) is 2.25. The molecule has 0 fully saturated rings. The van der Waals surface area contributed by atoms with Gasteiger partial charge in [-0.05, 0) is 12.1 Å². The van der Waals surface area contributed by atoms with Crippen LogP contribution in [-0.2, 0) is 33.2 Å². The molecule has 1 rings (SSSR count). The fourth-order valence-corrected chi connectivity index (χ4v) is 1.15. The number of aromatic nitrogens is 1. The van der Waals surface area contributed by atoms with Crippen molar-refractivity contribution < 1.29 is 36.9 Å². The van der Waals surface area contributed by atoms with Crippen molar-refractivity contribution in [3.05, 3.63) is 30.1 Å². The summed E-state index contributed by atoms with van der Waals surface area (Å²) in [6, 6.07) is 4.15. The Morgan fingerprint density at radius 1 is 1.35 bits per heavy atom. The van der Waals surface area contributed by atoms with Gasteiger partial charge in [-0.3, -0.25) is 19.9 Å². The van der Waals surface area contributed by atoms with Crippen molar-refractivity contribution in [1.29, 1.82) is 0 Å². The quantitative estimate of drug-likeness (QED) is 0.642. The number of aliphatic carboxylic acids is 2. The molecule has 7 heteroatoms. The van der Waals surface area contributed by atoms with E-state index in [4.69, 9.17) is 10.2 Å². The van der Waals surface area contributed by atoms with Gasteiger partial charge in [0.1, 0.15) is 6.04 Å². The summed E-state index contributed by atoms with van der Waals surface area (Å²) in [6.07, 6.45) is 1.13. The third-order valence-corrected chi connectivity index (χ3v) is 1.93. The SMILES string of the molecule is O=C(O)CC(NCc1ccccn1)C(=O)O.[Cu]. The maximum atomic E-state index is 10.7. The fraction of sp³-hybridized carbons (Fsp3) is 0.300. The molecule has 97 valence electrons. The second-order valence-electron chi connectivity index (χ2n) is 3.19. The van der Waals surface area contributed by atoms with Crippen molar-refractivity contribution in [2.75, 3.05) is 0 Å². The molecular formula is C10H12CuN2O4. The summed E-state index contributed by atoms with van der Waals surface area (Å²) in [5.41, 5.74) is 0.666. The van der Waals surface area contributed by atoms with Gasteiger partial charge in [-0.25, -0.2) is 0 Å². The van der Waals surface area contributed by atoms with Crippen molar-refractivity contribution in [3.63, 3.8) is 0 Å². The molecule has 0 saturated heterocycles. The van der Waals surface area contributed by atoms with E-state index in [9.17, 15) is 9.59 Å². The molecular weight excluding hydrogens is 276 g/mol. The van der Waals surface area contributed by atoms with Crippen LogP contribution in [0.2, 0.25) is 0 Å². The number of carboxylic acid groups (broad SMARTS) is 2. The Kier molecular flexibility index (Phi) is 7.13. The monoisotopic (exact) mass is 287 g/mol. The third-order valence-electron chi connectivity index (χ3n) is 1.93. The molecule has 1 unspecified atom stereocenters. The van der Waals surface area contributed by atoms with E-state index in [2.05, 4.69) is 10.3 Å². The average molecular weight is 288 g/mol. The molecule has 0 aliphatic rings. The van der Waals surface area contributed by atoms with Crippen LogP contribution < -0.4 is 5.32 Å². The maximum absolute atomic E-state index is 10.7. The summed E-state index contributed by atoms with van der Waals surface area (Å²) in [6.45, 7) is 0.227. The molecule has 1 atom stereocenters. The first-order chi connectivity index (χ1) is 7.59. The first kappa shape index (κ1) is 15.6. The summed E-state index contributed by atoms with van der Waals surface area (Å²) >= 11 is 0. The standard InChI is InChI=1S/C10H12N2O4.Cu/c13-9(14)5-8(10(15)16)12-6-7-3-1-2-4-11-7;/h1-4,8,12H,5-6H2,(H,13,14)(H,15,16);. The number of hydrogen-bond donors (Lipinski definition) is 3. The van der Waals surface area contributed by atoms with Gasteiger partial charge >= 0.3 is 11.9 Å². The molecule has 0 bridgehead atoms. The Balaban J connectivity index is 0.00000256. The predicted octanol–water partition coefficient (Wildman–Crippen LogP) is 0.0966. The van der Waals surface area contributed by atoms with Crippen LogP contribution in [0.1, 0.15) is 12.1 Å². The number of hydrogen-bond acceptors (Lipinski definition) is 4. The predicted molar refractivity (Wildman–Crippen MR) is 54.8 cm³/mol. The molecule has 6 nitrogen and oxygen atoms in total. The van der Waals surface area contributed by atoms with Crippen LogP contribution in [0.5, 0.6) is 0 Å². The Morgan fingerprint density at radius 3 is 2.53 bits per heavy atom. The van der Waals surface area contributed by atoms with Gasteiger partial charge in [0.25, 0.3) is 0 Å². The van der Waals surface area contributed by atoms with Gasteiger partial charge in [-0.15, -0.1) is 0 Å². The van der Waals surface area contributed by atoms with E-state index in [1.807, 2.05) is 0 Å². The van der Waals surface area contributed by atoms with Gasteiger partial charge in [-0.2, -0.15) is 0 Å². The largest absolute Gasteiger partial charge is 0.481 e. The zero-order valence-electron chi connectivity index (χ0n) is 8.76. The minimum Gasteiger partial charge on any atom is -0.481 e. The summed E-state index contributed by atoms with van der Waals surface area (Å²) in [7, 11) is 0. The van der Waals surface area contributed by atoms with Crippen LogP contribution >= 0.6 is 0 Å². The first-order valence-electron chi connectivity index (χ1n) is 4.67. The normalized spacial score (nSPS) is 11.3. The molecule has 0 aliphatic carbocycles. The van der Waals surface area contributed by atoms with Crippen LogP contribution in [0.4, 0.5) is 0 Å². The number of nitrogens with zero attached hydrogens (tertiary/aromatic N) is 1. The minimum atomic E-state index is -1.18. The van der Waals surface area contributed by atoms with Crippen molar-refractivity contribution in [2.45, 2.75) is 19.0 Å². The maximum Gasteiger partial charge on any atom is 0.321 e. The number of carbonyl (C=O) groups is 2. The van der Waals surface area contributed by atoms with Crippen LogP contribution in [0, 0.1) is 0 Å². The Labute approximate surface area is 109 Å². The van der Waals surface area contributed by atoms with Gasteiger partial charge in [-0.1, -0.05) is 6.07 Å². The molecule has 1 radical (unpaired) electrons. The molecule has 0 spiro atoms. The van der Waals surface area contributed by atoms with E-state index in [1.165, 1.54) is 0 Å². The van der Waals surface area contributed by atoms with Crippen LogP contribution in [0.15, 0.2) is 24.4 Å². The van der Waals surface area contributed by atoms with Crippen molar-refractivity contribution >= 4 is 11.9 Å². The van der Waals surface area contributed by atoms with E-state index >= 15 is 0 Å². The van der Waals surface area contributed by atoms with E-state index < -0.39 is 24.4 Å². The minimum absolute atomic E-state index is 0. The van der Waals surface area contributed by atoms with Crippen molar-refractivity contribution in [2.24, 2.45) is 0 Å². The van der Waals surface area contributed by atoms with E-state index in [-0.39, 0.29) is 23.6 Å². The molecule has 0 amide bonds. The molecule has 0 saturated carbocycles. The van der Waals surface area contributed by atoms with E-state index in [0.717, 1.165) is 0 Å². The topological polar surface area (TPSA) is 99.5 Å². The number of carboxylic acids is 2. The zero-order chi connectivity index (χ0) is 12.0. The molecule has 3 N–H and O–H groups in total. The van der Waals surface area contributed by atoms with Crippen LogP contribution in [-0.4, -0.2) is 33.2 Å². The van der Waals surface area contributed by atoms with Crippen LogP contribution in [0.3, 0.4) is 0 Å². The Morgan fingerprint density at radius 2 is 2.06 bits per heavy atom. The summed E-state index contributed by atoms with van der Waals surface area (Å²) in [5.74, 6) is -2.33. The van der Waals surface area contributed by atoms with E-state index in [0.29, 0.717) is 5.69 Å². The number of nitrogens with one attached hydrogen (secondary N) is 1. The number of rotatable bonds is 6. The van der Waals surface area contributed by atoms with Gasteiger partial charge in [0.15, 0.2) is 0 Å². The summed E-state index contributed by atoms with van der Waals surface area (Å²) in [4.78, 5) is 25.1. The van der Waals surface area contributed by atoms with Gasteiger partial charge in [0, 0.05) is 29.8 Å². The van der Waals surface area contributed by atoms with Crippen molar-refractivity contribution in [1.82, 2.24) is 10.3 Å². The van der Waals surface area contributed by atoms with Gasteiger partial charge in [0.05, 0.1) is 12.1 Å². The van der Waals surface area contributed by atoms with E-state index in [1.54, 1.807) is 24.4 Å². The summed E-state index contributed by atoms with van der Waals surface area (Å²) in [5, 5.41) is 19.9. The molecule has 1 heterocycles. The number of pyridine rings is 1. The van der Waals surface area contributed by atoms with Crippen LogP contribution in [0.25, 0.3) is 0 Å². The van der Waals surface area contributed by atoms with Crippen molar-refractivity contribution in [3.8, 4) is 0 Å². The Hall–Kier alpha value is -1.43. The third kappa shape index (κ3) is 6.01. The zero-order valence-corrected chi connectivity index (χ0v) is 9.70. The summed E-state index contributed by atoms with van der Waals surface area (Å²) < 4.78 is 0. The molecule has 0 aromatic carbocycles. The van der Waals surface area contributed by atoms with Gasteiger partial charge < -0.3 is 10.2 Å². The smallest absolute Gasteiger partial charge is 0.321 e. The fourth-order valence-electron chi connectivity index (χ4n) is 1.15. The van der Waals surface area contributed by atoms with Gasteiger partial charge in [0.2, 0.25) is 0 Å². The first-order valence-corrected chi connectivity index (χ1v) is 4.67. The molecule has 17 heavy (non-hydrogen) atoms.